The maximum Gasteiger partial charge on any atom is 0.361 e. The van der Waals surface area contributed by atoms with Crippen molar-refractivity contribution in [3.05, 3.63) is 23.1 Å². The molecule has 40 heavy (non-hydrogen) atoms. The van der Waals surface area contributed by atoms with Gasteiger partial charge in [-0.25, -0.2) is 9.51 Å². The van der Waals surface area contributed by atoms with E-state index in [2.05, 4.69) is 30.6 Å². The van der Waals surface area contributed by atoms with Gasteiger partial charge in [0.2, 0.25) is 10.6 Å². The van der Waals surface area contributed by atoms with Gasteiger partial charge in [-0.15, -0.1) is 10.2 Å². The lowest BCUT2D eigenvalue weighted by molar-refractivity contribution is -0.121. The Morgan fingerprint density at radius 2 is 2.00 bits per heavy atom. The molecule has 5 atom stereocenters. The van der Waals surface area contributed by atoms with E-state index in [-0.39, 0.29) is 30.4 Å². The van der Waals surface area contributed by atoms with Gasteiger partial charge >= 0.3 is 7.60 Å². The van der Waals surface area contributed by atoms with Gasteiger partial charge in [0.25, 0.3) is 0 Å². The van der Waals surface area contributed by atoms with Crippen LogP contribution in [-0.2, 0) is 18.8 Å². The molecule has 3 aliphatic rings. The van der Waals surface area contributed by atoms with Crippen LogP contribution in [0.2, 0.25) is 5.28 Å². The van der Waals surface area contributed by atoms with E-state index in [0.29, 0.717) is 17.0 Å². The van der Waals surface area contributed by atoms with Crippen LogP contribution in [0.3, 0.4) is 0 Å². The number of aromatic nitrogens is 3. The van der Waals surface area contributed by atoms with Crippen molar-refractivity contribution in [1.82, 2.24) is 14.6 Å². The van der Waals surface area contributed by atoms with Gasteiger partial charge in [-0.1, -0.05) is 12.8 Å². The molecule has 0 aromatic carbocycles. The van der Waals surface area contributed by atoms with Gasteiger partial charge < -0.3 is 44.6 Å². The second-order valence-corrected chi connectivity index (χ2v) is 12.1. The third kappa shape index (κ3) is 5.92. The first-order valence-corrected chi connectivity index (χ1v) is 14.7. The maximum atomic E-state index is 12.3. The first-order valence-electron chi connectivity index (χ1n) is 12.7. The Morgan fingerprint density at radius 1 is 1.23 bits per heavy atom. The van der Waals surface area contributed by atoms with E-state index in [0.717, 1.165) is 25.7 Å². The number of aliphatic hydroxyl groups is 3. The van der Waals surface area contributed by atoms with Crippen LogP contribution in [0, 0.1) is 0 Å². The number of halogens is 1. The Bertz CT molecular complexity index is 1320. The summed E-state index contributed by atoms with van der Waals surface area (Å²) in [5.74, 6) is 0.758. The van der Waals surface area contributed by atoms with Gasteiger partial charge in [-0.05, 0) is 36.6 Å². The molecule has 1 saturated carbocycles. The predicted molar refractivity (Wildman–Crippen MR) is 139 cm³/mol. The fraction of sp³-hybridized carbons (Fsp3) is 0.682. The number of nitrogens with zero attached hydrogens (tertiary/aromatic N) is 6. The third-order valence-corrected chi connectivity index (χ3v) is 8.84. The summed E-state index contributed by atoms with van der Waals surface area (Å²) in [4.78, 5) is 28.2. The number of azo groups is 1. The number of aliphatic imine (C=N–C) groups is 1. The van der Waals surface area contributed by atoms with Crippen molar-refractivity contribution in [2.24, 2.45) is 15.2 Å². The number of hydrogen-bond acceptors (Lipinski definition) is 13. The fourth-order valence-corrected chi connectivity index (χ4v) is 5.82. The molecule has 0 radical (unpaired) electrons. The Labute approximate surface area is 233 Å². The monoisotopic (exact) mass is 603 g/mol. The first-order chi connectivity index (χ1) is 19.1. The molecule has 0 spiro atoms. The molecule has 0 amide bonds. The minimum atomic E-state index is -5.11. The van der Waals surface area contributed by atoms with Crippen LogP contribution in [0.1, 0.15) is 37.5 Å². The van der Waals surface area contributed by atoms with Crippen molar-refractivity contribution in [2.45, 2.75) is 61.5 Å². The molecule has 16 nitrogen and oxygen atoms in total. The van der Waals surface area contributed by atoms with Gasteiger partial charge in [-0.2, -0.15) is 10.1 Å². The molecule has 2 aliphatic heterocycles. The van der Waals surface area contributed by atoms with Gasteiger partial charge in [-0.3, -0.25) is 4.57 Å². The topological polar surface area (TPSA) is 225 Å². The summed E-state index contributed by atoms with van der Waals surface area (Å²) in [6, 6.07) is 3.66. The predicted octanol–water partition coefficient (Wildman–Crippen LogP) is 0.620. The molecule has 2 fully saturated rings. The average molecular weight is 604 g/mol. The molecule has 0 unspecified atom stereocenters. The molecular weight excluding hydrogens is 573 g/mol. The zero-order chi connectivity index (χ0) is 28.5. The molecule has 2 aromatic rings. The summed E-state index contributed by atoms with van der Waals surface area (Å²) in [7, 11) is -5.11. The Morgan fingerprint density at radius 3 is 2.67 bits per heavy atom. The SMILES string of the molecule is O=P(O)(O)[C@@](CO)(COCC1=NCN=N1)OC[C@H]1O[C@@H](c2ccc3c(NC4CCCC4)nc(Cl)nn23)[C@H](O)[C@@H]1O. The van der Waals surface area contributed by atoms with Crippen LogP contribution in [0.25, 0.3) is 5.52 Å². The lowest BCUT2D eigenvalue weighted by Crippen LogP contribution is -2.45. The summed E-state index contributed by atoms with van der Waals surface area (Å²) < 4.78 is 30.5. The number of aliphatic hydroxyl groups excluding tert-OH is 3. The quantitative estimate of drug-likeness (QED) is 0.184. The lowest BCUT2D eigenvalue weighted by atomic mass is 10.1. The van der Waals surface area contributed by atoms with E-state index in [4.69, 9.17) is 25.8 Å². The maximum absolute atomic E-state index is 12.3. The fourth-order valence-electron chi connectivity index (χ4n) is 4.97. The number of fused-ring (bicyclic) bond motifs is 1. The molecule has 1 saturated heterocycles. The van der Waals surface area contributed by atoms with E-state index in [1.54, 1.807) is 12.1 Å². The highest BCUT2D eigenvalue weighted by molar-refractivity contribution is 7.53. The largest absolute Gasteiger partial charge is 0.393 e. The molecule has 1 aliphatic carbocycles. The second-order valence-electron chi connectivity index (χ2n) is 9.90. The van der Waals surface area contributed by atoms with Crippen molar-refractivity contribution in [1.29, 1.82) is 0 Å². The summed E-state index contributed by atoms with van der Waals surface area (Å²) in [6.45, 7) is -2.48. The third-order valence-electron chi connectivity index (χ3n) is 7.22. The minimum Gasteiger partial charge on any atom is -0.393 e. The normalized spacial score (nSPS) is 27.0. The van der Waals surface area contributed by atoms with E-state index in [1.807, 2.05) is 0 Å². The van der Waals surface area contributed by atoms with E-state index in [1.165, 1.54) is 4.52 Å². The highest BCUT2D eigenvalue weighted by atomic mass is 35.5. The van der Waals surface area contributed by atoms with Crippen LogP contribution in [0.15, 0.2) is 27.4 Å². The number of anilines is 1. The minimum absolute atomic E-state index is 0.0298. The standard InChI is InChI=1S/C22H31ClN7O9P/c23-21-27-20(26-12-3-1-2-4-12)14-6-5-13(30(14)29-21)19-18(33)17(32)15(39-19)7-38-22(9-31,40(34,35)36)10-37-8-16-24-11-25-28-16/h5-6,12,15,17-19,31-33H,1-4,7-11H2,(H,26,27,29)(H2,34,35,36)/t15-,17-,18-,19+,22+/m1/s1. The zero-order valence-corrected chi connectivity index (χ0v) is 22.9. The van der Waals surface area contributed by atoms with Crippen LogP contribution >= 0.6 is 19.2 Å². The van der Waals surface area contributed by atoms with Crippen molar-refractivity contribution in [3.63, 3.8) is 0 Å². The molecular formula is C22H31ClN7O9P. The van der Waals surface area contributed by atoms with Gasteiger partial charge in [0.1, 0.15) is 36.5 Å². The van der Waals surface area contributed by atoms with Gasteiger partial charge in [0, 0.05) is 6.04 Å². The zero-order valence-electron chi connectivity index (χ0n) is 21.3. The second kappa shape index (κ2) is 12.0. The Kier molecular flexibility index (Phi) is 8.83. The van der Waals surface area contributed by atoms with E-state index in [9.17, 15) is 29.7 Å². The molecule has 2 aromatic heterocycles. The van der Waals surface area contributed by atoms with Gasteiger partial charge in [0.05, 0.1) is 25.5 Å². The molecule has 18 heteroatoms. The number of nitrogens with one attached hydrogen (secondary N) is 1. The van der Waals surface area contributed by atoms with Crippen LogP contribution in [0.4, 0.5) is 5.82 Å². The average Bonchev–Trinajstić information content (AvgIpc) is 3.71. The lowest BCUT2D eigenvalue weighted by Gasteiger charge is -2.33. The van der Waals surface area contributed by atoms with Crippen LogP contribution < -0.4 is 5.32 Å². The first kappa shape index (κ1) is 29.4. The summed E-state index contributed by atoms with van der Waals surface area (Å²) in [5.41, 5.74) is 0.974. The highest BCUT2D eigenvalue weighted by Gasteiger charge is 2.51. The van der Waals surface area contributed by atoms with Crippen molar-refractivity contribution in [2.75, 3.05) is 38.4 Å². The highest BCUT2D eigenvalue weighted by Crippen LogP contribution is 2.51. The molecule has 0 bridgehead atoms. The number of hydrogen-bond donors (Lipinski definition) is 6. The molecule has 4 heterocycles. The number of ether oxygens (including phenoxy) is 3. The van der Waals surface area contributed by atoms with Crippen molar-refractivity contribution < 1.29 is 43.9 Å². The number of amidine groups is 1. The Balaban J connectivity index is 1.31. The van der Waals surface area contributed by atoms with Crippen molar-refractivity contribution >= 4 is 36.4 Å². The molecule has 6 N–H and O–H groups in total. The summed E-state index contributed by atoms with van der Waals surface area (Å²) in [6.07, 6.45) is -0.978. The van der Waals surface area contributed by atoms with Crippen molar-refractivity contribution in [3.8, 4) is 0 Å². The van der Waals surface area contributed by atoms with E-state index >= 15 is 0 Å². The Hall–Kier alpha value is -2.11. The summed E-state index contributed by atoms with van der Waals surface area (Å²) in [5, 5.41) is 44.0. The smallest absolute Gasteiger partial charge is 0.361 e. The number of rotatable bonds is 12. The summed E-state index contributed by atoms with van der Waals surface area (Å²) >= 11 is 6.20. The van der Waals surface area contributed by atoms with E-state index < -0.39 is 57.2 Å². The molecule has 5 rings (SSSR count). The van der Waals surface area contributed by atoms with Crippen LogP contribution in [-0.4, -0.2) is 108 Å². The van der Waals surface area contributed by atoms with Crippen LogP contribution in [0.5, 0.6) is 0 Å². The molecule has 220 valence electrons. The van der Waals surface area contributed by atoms with Gasteiger partial charge in [0.15, 0.2) is 18.3 Å².